The van der Waals surface area contributed by atoms with E-state index in [1.807, 2.05) is 13.8 Å². The van der Waals surface area contributed by atoms with Gasteiger partial charge in [0.15, 0.2) is 5.75 Å². The third kappa shape index (κ3) is 6.42. The van der Waals surface area contributed by atoms with Crippen molar-refractivity contribution < 1.29 is 19.2 Å². The van der Waals surface area contributed by atoms with Gasteiger partial charge in [-0.25, -0.2) is 5.43 Å². The van der Waals surface area contributed by atoms with Gasteiger partial charge in [-0.15, -0.1) is 0 Å². The van der Waals surface area contributed by atoms with Crippen LogP contribution in [0.4, 0.5) is 5.69 Å². The fourth-order valence-electron chi connectivity index (χ4n) is 1.67. The molecule has 1 rings (SSSR count). The Morgan fingerprint density at radius 1 is 1.38 bits per heavy atom. The van der Waals surface area contributed by atoms with Crippen LogP contribution in [0.15, 0.2) is 23.3 Å². The van der Waals surface area contributed by atoms with Crippen LogP contribution in [-0.2, 0) is 9.59 Å². The number of nitro benzene ring substituents is 1. The molecule has 0 unspecified atom stereocenters. The quantitative estimate of drug-likeness (QED) is 0.320. The number of nitrogens with zero attached hydrogens (tertiary/aromatic N) is 2. The van der Waals surface area contributed by atoms with Crippen molar-refractivity contribution >= 4 is 23.7 Å². The summed E-state index contributed by atoms with van der Waals surface area (Å²) in [7, 11) is 1.33. The second kappa shape index (κ2) is 9.23. The summed E-state index contributed by atoms with van der Waals surface area (Å²) in [6, 6.07) is 4.25. The van der Waals surface area contributed by atoms with Crippen LogP contribution >= 0.6 is 0 Å². The van der Waals surface area contributed by atoms with Crippen molar-refractivity contribution in [3.05, 3.63) is 33.9 Å². The van der Waals surface area contributed by atoms with Crippen molar-refractivity contribution in [2.75, 3.05) is 13.7 Å². The third-order valence-electron chi connectivity index (χ3n) is 2.83. The smallest absolute Gasteiger partial charge is 0.311 e. The van der Waals surface area contributed by atoms with Crippen LogP contribution in [0.3, 0.4) is 0 Å². The normalized spacial score (nSPS) is 10.7. The Balaban J connectivity index is 2.58. The number of nitro groups is 1. The molecule has 0 heterocycles. The van der Waals surface area contributed by atoms with E-state index < -0.39 is 16.7 Å². The van der Waals surface area contributed by atoms with Crippen molar-refractivity contribution in [1.29, 1.82) is 0 Å². The number of amides is 2. The number of benzene rings is 1. The van der Waals surface area contributed by atoms with E-state index >= 15 is 0 Å². The second-order valence-corrected chi connectivity index (χ2v) is 5.36. The Labute approximate surface area is 139 Å². The molecule has 130 valence electrons. The molecule has 0 aliphatic carbocycles. The lowest BCUT2D eigenvalue weighted by molar-refractivity contribution is -0.385. The zero-order chi connectivity index (χ0) is 18.1. The van der Waals surface area contributed by atoms with Gasteiger partial charge in [0.1, 0.15) is 6.42 Å². The molecule has 0 aliphatic rings. The van der Waals surface area contributed by atoms with Gasteiger partial charge in [-0.3, -0.25) is 19.7 Å². The van der Waals surface area contributed by atoms with E-state index in [1.165, 1.54) is 25.5 Å². The van der Waals surface area contributed by atoms with Crippen LogP contribution in [0, 0.1) is 16.0 Å². The molecular weight excluding hydrogens is 316 g/mol. The van der Waals surface area contributed by atoms with Gasteiger partial charge in [0.05, 0.1) is 18.2 Å². The number of hydrazone groups is 1. The molecule has 0 fully saturated rings. The molecule has 0 saturated carbocycles. The van der Waals surface area contributed by atoms with Gasteiger partial charge in [-0.05, 0) is 18.1 Å². The van der Waals surface area contributed by atoms with Gasteiger partial charge in [0.2, 0.25) is 11.8 Å². The average molecular weight is 336 g/mol. The van der Waals surface area contributed by atoms with Gasteiger partial charge >= 0.3 is 5.69 Å². The van der Waals surface area contributed by atoms with Gasteiger partial charge in [0, 0.05) is 18.2 Å². The highest BCUT2D eigenvalue weighted by molar-refractivity contribution is 5.97. The molecule has 0 spiro atoms. The van der Waals surface area contributed by atoms with Crippen molar-refractivity contribution in [3.8, 4) is 5.75 Å². The second-order valence-electron chi connectivity index (χ2n) is 5.36. The standard InChI is InChI=1S/C15H20N4O5/c1-10(2)8-16-14(20)7-15(21)18-17-9-11-4-5-13(24-3)12(6-11)19(22)23/h4-6,9-10H,7-8H2,1-3H3,(H,16,20)(H,18,21)/b17-9+. The highest BCUT2D eigenvalue weighted by Crippen LogP contribution is 2.26. The average Bonchev–Trinajstić information content (AvgIpc) is 2.52. The number of nitrogens with one attached hydrogen (secondary N) is 2. The monoisotopic (exact) mass is 336 g/mol. The van der Waals surface area contributed by atoms with Crippen molar-refractivity contribution in [1.82, 2.24) is 10.7 Å². The van der Waals surface area contributed by atoms with Crippen LogP contribution in [0.1, 0.15) is 25.8 Å². The number of carbonyl (C=O) groups is 2. The minimum absolute atomic E-state index is 0.128. The van der Waals surface area contributed by atoms with Gasteiger partial charge in [-0.1, -0.05) is 13.8 Å². The number of ether oxygens (including phenoxy) is 1. The first-order chi connectivity index (χ1) is 11.3. The molecule has 0 radical (unpaired) electrons. The van der Waals surface area contributed by atoms with E-state index in [9.17, 15) is 19.7 Å². The SMILES string of the molecule is COc1ccc(/C=N/NC(=O)CC(=O)NCC(C)C)cc1[N+](=O)[O-]. The molecule has 2 N–H and O–H groups in total. The Bertz CT molecular complexity index is 643. The highest BCUT2D eigenvalue weighted by Gasteiger charge is 2.14. The number of methoxy groups -OCH3 is 1. The van der Waals surface area contributed by atoms with Crippen LogP contribution in [-0.4, -0.2) is 36.6 Å². The van der Waals surface area contributed by atoms with Crippen LogP contribution in [0.25, 0.3) is 0 Å². The molecule has 1 aromatic rings. The molecule has 24 heavy (non-hydrogen) atoms. The number of carbonyl (C=O) groups excluding carboxylic acids is 2. The first kappa shape index (κ1) is 19.1. The van der Waals surface area contributed by atoms with Gasteiger partial charge in [-0.2, -0.15) is 5.10 Å². The Kier molecular flexibility index (Phi) is 7.34. The summed E-state index contributed by atoms with van der Waals surface area (Å²) in [5, 5.41) is 17.2. The topological polar surface area (TPSA) is 123 Å². The molecule has 0 atom stereocenters. The first-order valence-corrected chi connectivity index (χ1v) is 7.24. The molecule has 9 heteroatoms. The van der Waals surface area contributed by atoms with Crippen LogP contribution < -0.4 is 15.5 Å². The highest BCUT2D eigenvalue weighted by atomic mass is 16.6. The summed E-state index contributed by atoms with van der Waals surface area (Å²) in [6.07, 6.45) is 0.906. The van der Waals surface area contributed by atoms with E-state index in [4.69, 9.17) is 4.74 Å². The summed E-state index contributed by atoms with van der Waals surface area (Å²) in [6.45, 7) is 4.38. The molecule has 0 aromatic heterocycles. The van der Waals surface area contributed by atoms with Crippen molar-refractivity contribution in [3.63, 3.8) is 0 Å². The maximum absolute atomic E-state index is 11.6. The fourth-order valence-corrected chi connectivity index (χ4v) is 1.67. The number of hydrogen-bond donors (Lipinski definition) is 2. The predicted octanol–water partition coefficient (Wildman–Crippen LogP) is 1.22. The predicted molar refractivity (Wildman–Crippen MR) is 87.8 cm³/mol. The third-order valence-corrected chi connectivity index (χ3v) is 2.83. The fraction of sp³-hybridized carbons (Fsp3) is 0.400. The van der Waals surface area contributed by atoms with Crippen LogP contribution in [0.5, 0.6) is 5.75 Å². The van der Waals surface area contributed by atoms with E-state index in [0.29, 0.717) is 18.0 Å². The zero-order valence-electron chi connectivity index (χ0n) is 13.7. The summed E-state index contributed by atoms with van der Waals surface area (Å²) in [5.41, 5.74) is 2.40. The summed E-state index contributed by atoms with van der Waals surface area (Å²) in [5.74, 6) is -0.545. The lowest BCUT2D eigenvalue weighted by Crippen LogP contribution is -2.32. The number of hydrogen-bond acceptors (Lipinski definition) is 6. The maximum Gasteiger partial charge on any atom is 0.311 e. The molecule has 2 amide bonds. The molecule has 0 saturated heterocycles. The van der Waals surface area contributed by atoms with Crippen molar-refractivity contribution in [2.45, 2.75) is 20.3 Å². The minimum atomic E-state index is -0.576. The zero-order valence-corrected chi connectivity index (χ0v) is 13.7. The van der Waals surface area contributed by atoms with E-state index in [-0.39, 0.29) is 17.9 Å². The summed E-state index contributed by atoms with van der Waals surface area (Å²) < 4.78 is 4.89. The molecule has 9 nitrogen and oxygen atoms in total. The van der Waals surface area contributed by atoms with Gasteiger partial charge < -0.3 is 10.1 Å². The first-order valence-electron chi connectivity index (χ1n) is 7.24. The lowest BCUT2D eigenvalue weighted by Gasteiger charge is -2.06. The van der Waals surface area contributed by atoms with E-state index in [0.717, 1.165) is 0 Å². The summed E-state index contributed by atoms with van der Waals surface area (Å²) >= 11 is 0. The molecule has 0 aliphatic heterocycles. The Morgan fingerprint density at radius 3 is 2.67 bits per heavy atom. The molecular formula is C15H20N4O5. The van der Waals surface area contributed by atoms with Crippen LogP contribution in [0.2, 0.25) is 0 Å². The van der Waals surface area contributed by atoms with Crippen molar-refractivity contribution in [2.24, 2.45) is 11.0 Å². The minimum Gasteiger partial charge on any atom is -0.490 e. The Morgan fingerprint density at radius 2 is 2.08 bits per heavy atom. The lowest BCUT2D eigenvalue weighted by atomic mass is 10.2. The Hall–Kier alpha value is -2.97. The largest absolute Gasteiger partial charge is 0.490 e. The molecule has 1 aromatic carbocycles. The van der Waals surface area contributed by atoms with E-state index in [2.05, 4.69) is 15.8 Å². The molecule has 0 bridgehead atoms. The summed E-state index contributed by atoms with van der Waals surface area (Å²) in [4.78, 5) is 33.4. The van der Waals surface area contributed by atoms with Gasteiger partial charge in [0.25, 0.3) is 0 Å². The van der Waals surface area contributed by atoms with E-state index in [1.54, 1.807) is 6.07 Å². The number of rotatable bonds is 8. The maximum atomic E-state index is 11.6.